The lowest BCUT2D eigenvalue weighted by Crippen LogP contribution is -2.47. The number of hydrogen-bond acceptors (Lipinski definition) is 3. The van der Waals surface area contributed by atoms with Crippen LogP contribution in [0.1, 0.15) is 85.3 Å². The fraction of sp³-hybridized carbons (Fsp3) is 0.517. The van der Waals surface area contributed by atoms with E-state index in [-0.39, 0.29) is 29.8 Å². The summed E-state index contributed by atoms with van der Waals surface area (Å²) in [5, 5.41) is 6.64. The highest BCUT2D eigenvalue weighted by Gasteiger charge is 2.28. The highest BCUT2D eigenvalue weighted by Crippen LogP contribution is 2.31. The largest absolute Gasteiger partial charge is 0.371 e. The normalized spacial score (nSPS) is 21.5. The maximum Gasteiger partial charge on any atom is 0.253 e. The first-order valence-electron chi connectivity index (χ1n) is 13.2. The summed E-state index contributed by atoms with van der Waals surface area (Å²) < 4.78 is 0. The maximum atomic E-state index is 13.4. The Labute approximate surface area is 203 Å². The molecule has 0 bridgehead atoms. The van der Waals surface area contributed by atoms with E-state index in [0.29, 0.717) is 0 Å². The van der Waals surface area contributed by atoms with E-state index >= 15 is 0 Å². The summed E-state index contributed by atoms with van der Waals surface area (Å²) in [6, 6.07) is 16.8. The second-order valence-electron chi connectivity index (χ2n) is 10.2. The van der Waals surface area contributed by atoms with Gasteiger partial charge in [-0.25, -0.2) is 0 Å². The zero-order valence-electron chi connectivity index (χ0n) is 20.1. The number of piperidine rings is 1. The predicted molar refractivity (Wildman–Crippen MR) is 136 cm³/mol. The van der Waals surface area contributed by atoms with Crippen LogP contribution in [-0.4, -0.2) is 30.9 Å². The molecule has 2 fully saturated rings. The molecule has 2 aromatic rings. The van der Waals surface area contributed by atoms with Crippen molar-refractivity contribution < 1.29 is 9.59 Å². The molecule has 5 rings (SSSR count). The summed E-state index contributed by atoms with van der Waals surface area (Å²) in [7, 11) is 0. The molecule has 5 heteroatoms. The minimum Gasteiger partial charge on any atom is -0.371 e. The smallest absolute Gasteiger partial charge is 0.253 e. The van der Waals surface area contributed by atoms with Crippen molar-refractivity contribution in [2.24, 2.45) is 5.92 Å². The van der Waals surface area contributed by atoms with Gasteiger partial charge in [-0.3, -0.25) is 9.59 Å². The van der Waals surface area contributed by atoms with Gasteiger partial charge in [-0.2, -0.15) is 0 Å². The number of rotatable bonds is 5. The van der Waals surface area contributed by atoms with Gasteiger partial charge < -0.3 is 15.5 Å². The Balaban J connectivity index is 1.21. The van der Waals surface area contributed by atoms with Crippen LogP contribution in [0.4, 0.5) is 5.69 Å². The molecule has 2 amide bonds. The molecule has 0 unspecified atom stereocenters. The van der Waals surface area contributed by atoms with Crippen LogP contribution in [0.15, 0.2) is 48.5 Å². The van der Waals surface area contributed by atoms with Crippen molar-refractivity contribution in [3.05, 3.63) is 65.2 Å². The summed E-state index contributed by atoms with van der Waals surface area (Å²) in [5.74, 6) is 0.469. The van der Waals surface area contributed by atoms with Gasteiger partial charge in [-0.15, -0.1) is 0 Å². The van der Waals surface area contributed by atoms with Crippen LogP contribution in [0.5, 0.6) is 0 Å². The number of nitrogens with zero attached hydrogens (tertiary/aromatic N) is 1. The molecule has 1 heterocycles. The SMILES string of the molecule is O=C(N[C@@H]1CCCc2ccccc21)c1ccccc1N1CCC(NC(=O)C2CCCCC2)CC1. The summed E-state index contributed by atoms with van der Waals surface area (Å²) in [6.45, 7) is 1.71. The third-order valence-corrected chi connectivity index (χ3v) is 7.98. The lowest BCUT2D eigenvalue weighted by atomic mass is 9.87. The molecule has 1 saturated carbocycles. The Kier molecular flexibility index (Phi) is 7.17. The highest BCUT2D eigenvalue weighted by molar-refractivity contribution is 6.00. The predicted octanol–water partition coefficient (Wildman–Crippen LogP) is 5.16. The van der Waals surface area contributed by atoms with Gasteiger partial charge in [-0.05, 0) is 68.2 Å². The number of amides is 2. The average Bonchev–Trinajstić information content (AvgIpc) is 2.90. The summed E-state index contributed by atoms with van der Waals surface area (Å²) >= 11 is 0. The summed E-state index contributed by atoms with van der Waals surface area (Å²) in [4.78, 5) is 28.3. The van der Waals surface area contributed by atoms with E-state index < -0.39 is 0 Å². The average molecular weight is 460 g/mol. The molecule has 0 spiro atoms. The van der Waals surface area contributed by atoms with Gasteiger partial charge in [0.2, 0.25) is 5.91 Å². The second kappa shape index (κ2) is 10.6. The highest BCUT2D eigenvalue weighted by atomic mass is 16.2. The minimum atomic E-state index is 0.00466. The number of anilines is 1. The molecule has 3 aliphatic rings. The van der Waals surface area contributed by atoms with Gasteiger partial charge in [0.05, 0.1) is 11.6 Å². The first-order chi connectivity index (χ1) is 16.7. The number of benzene rings is 2. The molecule has 2 aromatic carbocycles. The van der Waals surface area contributed by atoms with Crippen molar-refractivity contribution in [1.29, 1.82) is 0 Å². The Morgan fingerprint density at radius 1 is 0.765 bits per heavy atom. The van der Waals surface area contributed by atoms with E-state index in [2.05, 4.69) is 45.9 Å². The molecular formula is C29H37N3O2. The van der Waals surface area contributed by atoms with E-state index in [1.165, 1.54) is 30.4 Å². The second-order valence-corrected chi connectivity index (χ2v) is 10.2. The number of carbonyl (C=O) groups excluding carboxylic acids is 2. The third kappa shape index (κ3) is 5.13. The van der Waals surface area contributed by atoms with Crippen molar-refractivity contribution in [3.8, 4) is 0 Å². The van der Waals surface area contributed by atoms with Crippen LogP contribution in [0.2, 0.25) is 0 Å². The van der Waals surface area contributed by atoms with Crippen molar-refractivity contribution in [2.45, 2.75) is 76.3 Å². The number of fused-ring (bicyclic) bond motifs is 1. The molecule has 1 saturated heterocycles. The fourth-order valence-electron chi connectivity index (χ4n) is 6.03. The van der Waals surface area contributed by atoms with Gasteiger partial charge in [-0.1, -0.05) is 55.7 Å². The molecule has 0 radical (unpaired) electrons. The van der Waals surface area contributed by atoms with Crippen LogP contribution < -0.4 is 15.5 Å². The van der Waals surface area contributed by atoms with Crippen molar-refractivity contribution in [2.75, 3.05) is 18.0 Å². The topological polar surface area (TPSA) is 61.4 Å². The molecule has 5 nitrogen and oxygen atoms in total. The Hall–Kier alpha value is -2.82. The number of carbonyl (C=O) groups is 2. The number of hydrogen-bond donors (Lipinski definition) is 2. The quantitative estimate of drug-likeness (QED) is 0.649. The van der Waals surface area contributed by atoms with Crippen LogP contribution in [0.3, 0.4) is 0 Å². The van der Waals surface area contributed by atoms with Gasteiger partial charge in [0.1, 0.15) is 0 Å². The Bertz CT molecular complexity index is 1010. The van der Waals surface area contributed by atoms with Crippen molar-refractivity contribution in [3.63, 3.8) is 0 Å². The van der Waals surface area contributed by atoms with Gasteiger partial charge >= 0.3 is 0 Å². The minimum absolute atomic E-state index is 0.00466. The van der Waals surface area contributed by atoms with E-state index in [4.69, 9.17) is 0 Å². The monoisotopic (exact) mass is 459 g/mol. The molecule has 1 atom stereocenters. The molecule has 34 heavy (non-hydrogen) atoms. The standard InChI is InChI=1S/C29H37N3O2/c33-28(22-10-2-1-3-11-22)30-23-17-19-32(20-18-23)27-16-7-6-14-25(27)29(34)31-26-15-8-12-21-9-4-5-13-24(21)26/h4-7,9,13-14,16,22-23,26H,1-3,8,10-12,15,17-20H2,(H,30,33)(H,31,34)/t26-/m1/s1. The fourth-order valence-corrected chi connectivity index (χ4v) is 6.03. The van der Waals surface area contributed by atoms with Crippen LogP contribution in [-0.2, 0) is 11.2 Å². The van der Waals surface area contributed by atoms with Crippen molar-refractivity contribution >= 4 is 17.5 Å². The van der Waals surface area contributed by atoms with Gasteiger partial charge in [0, 0.05) is 30.7 Å². The molecular weight excluding hydrogens is 422 g/mol. The first-order valence-corrected chi connectivity index (χ1v) is 13.2. The first kappa shape index (κ1) is 22.9. The molecule has 0 aromatic heterocycles. The van der Waals surface area contributed by atoms with Crippen LogP contribution >= 0.6 is 0 Å². The van der Waals surface area contributed by atoms with E-state index in [0.717, 1.165) is 69.3 Å². The molecule has 2 aliphatic carbocycles. The maximum absolute atomic E-state index is 13.4. The lowest BCUT2D eigenvalue weighted by Gasteiger charge is -2.36. The van der Waals surface area contributed by atoms with Gasteiger partial charge in [0.15, 0.2) is 0 Å². The molecule has 2 N–H and O–H groups in total. The lowest BCUT2D eigenvalue weighted by molar-refractivity contribution is -0.126. The molecule has 1 aliphatic heterocycles. The van der Waals surface area contributed by atoms with Crippen LogP contribution in [0.25, 0.3) is 0 Å². The number of nitrogens with one attached hydrogen (secondary N) is 2. The van der Waals surface area contributed by atoms with E-state index in [9.17, 15) is 9.59 Å². The Morgan fingerprint density at radius 2 is 1.50 bits per heavy atom. The zero-order chi connectivity index (χ0) is 23.3. The zero-order valence-corrected chi connectivity index (χ0v) is 20.1. The number of aryl methyl sites for hydroxylation is 1. The third-order valence-electron chi connectivity index (χ3n) is 7.98. The van der Waals surface area contributed by atoms with E-state index in [1.54, 1.807) is 0 Å². The van der Waals surface area contributed by atoms with Gasteiger partial charge in [0.25, 0.3) is 5.91 Å². The van der Waals surface area contributed by atoms with Crippen LogP contribution in [0, 0.1) is 5.92 Å². The van der Waals surface area contributed by atoms with E-state index in [1.807, 2.05) is 18.2 Å². The number of para-hydroxylation sites is 1. The molecule has 180 valence electrons. The summed E-state index contributed by atoms with van der Waals surface area (Å²) in [5.41, 5.74) is 4.36. The van der Waals surface area contributed by atoms with Crippen molar-refractivity contribution in [1.82, 2.24) is 10.6 Å². The Morgan fingerprint density at radius 3 is 2.32 bits per heavy atom. The summed E-state index contributed by atoms with van der Waals surface area (Å²) in [6.07, 6.45) is 10.7.